The molecule has 0 bridgehead atoms. The zero-order valence-corrected chi connectivity index (χ0v) is 14.1. The molecule has 0 N–H and O–H groups in total. The molecule has 0 spiro atoms. The topological polar surface area (TPSA) is 24.3 Å². The maximum Gasteiger partial charge on any atom is 0.131 e. The van der Waals surface area contributed by atoms with Crippen molar-refractivity contribution in [3.05, 3.63) is 16.4 Å². The van der Waals surface area contributed by atoms with Crippen LogP contribution >= 0.6 is 11.6 Å². The summed E-state index contributed by atoms with van der Waals surface area (Å²) < 4.78 is 1.78. The Morgan fingerprint density at radius 3 is 2.33 bits per heavy atom. The third-order valence-electron chi connectivity index (χ3n) is 5.12. The molecule has 5 heteroatoms. The van der Waals surface area contributed by atoms with Gasteiger partial charge >= 0.3 is 0 Å². The molecule has 0 amide bonds. The molecular formula is C16H27ClN4. The minimum Gasteiger partial charge on any atom is -0.300 e. The van der Waals surface area contributed by atoms with Crippen molar-refractivity contribution in [1.82, 2.24) is 19.6 Å². The maximum atomic E-state index is 6.35. The van der Waals surface area contributed by atoms with Crippen LogP contribution in [0.5, 0.6) is 0 Å². The maximum absolute atomic E-state index is 6.35. The Morgan fingerprint density at radius 1 is 1.10 bits per heavy atom. The summed E-state index contributed by atoms with van der Waals surface area (Å²) in [5.41, 5.74) is 2.27. The molecule has 2 aliphatic heterocycles. The fourth-order valence-corrected chi connectivity index (χ4v) is 4.04. The first-order valence-corrected chi connectivity index (χ1v) is 8.67. The Hall–Kier alpha value is -0.580. The lowest BCUT2D eigenvalue weighted by Crippen LogP contribution is -2.46. The van der Waals surface area contributed by atoms with Crippen LogP contribution in [-0.2, 0) is 13.6 Å². The molecule has 0 aliphatic carbocycles. The van der Waals surface area contributed by atoms with Gasteiger partial charge in [-0.1, -0.05) is 18.0 Å². The Morgan fingerprint density at radius 2 is 1.76 bits per heavy atom. The van der Waals surface area contributed by atoms with Crippen molar-refractivity contribution in [2.24, 2.45) is 7.05 Å². The number of likely N-dealkylation sites (tertiary alicyclic amines) is 2. The number of hydrogen-bond donors (Lipinski definition) is 0. The van der Waals surface area contributed by atoms with Gasteiger partial charge in [-0.2, -0.15) is 5.10 Å². The average Bonchev–Trinajstić information content (AvgIpc) is 2.75. The minimum absolute atomic E-state index is 0.797. The van der Waals surface area contributed by atoms with E-state index in [1.807, 2.05) is 7.05 Å². The first-order chi connectivity index (χ1) is 10.1. The largest absolute Gasteiger partial charge is 0.300 e. The molecular weight excluding hydrogens is 284 g/mol. The molecule has 21 heavy (non-hydrogen) atoms. The number of rotatable bonds is 3. The van der Waals surface area contributed by atoms with Gasteiger partial charge in [-0.3, -0.25) is 9.58 Å². The second kappa shape index (κ2) is 6.67. The molecule has 3 rings (SSSR count). The molecule has 0 unspecified atom stereocenters. The van der Waals surface area contributed by atoms with Gasteiger partial charge in [0.1, 0.15) is 5.15 Å². The highest BCUT2D eigenvalue weighted by molar-refractivity contribution is 6.30. The van der Waals surface area contributed by atoms with E-state index in [1.54, 1.807) is 4.68 Å². The molecule has 0 atom stereocenters. The lowest BCUT2D eigenvalue weighted by molar-refractivity contribution is 0.0896. The Balaban J connectivity index is 1.53. The van der Waals surface area contributed by atoms with Gasteiger partial charge in [-0.15, -0.1) is 0 Å². The Labute approximate surface area is 133 Å². The Kier molecular flexibility index (Phi) is 4.87. The molecule has 2 fully saturated rings. The van der Waals surface area contributed by atoms with Gasteiger partial charge < -0.3 is 4.90 Å². The van der Waals surface area contributed by atoms with E-state index in [1.165, 1.54) is 63.8 Å². The lowest BCUT2D eigenvalue weighted by atomic mass is 9.99. The number of aryl methyl sites for hydroxylation is 2. The van der Waals surface area contributed by atoms with Crippen molar-refractivity contribution in [3.8, 4) is 0 Å². The second-order valence-corrected chi connectivity index (χ2v) is 6.94. The highest BCUT2D eigenvalue weighted by Gasteiger charge is 2.26. The van der Waals surface area contributed by atoms with Crippen LogP contribution in [0.3, 0.4) is 0 Å². The van der Waals surface area contributed by atoms with E-state index in [2.05, 4.69) is 21.8 Å². The standard InChI is InChI=1S/C16H27ClN4/c1-13-15(16(17)19(2)18-13)12-20-10-6-14(7-11-20)21-8-4-3-5-9-21/h14H,3-12H2,1-2H3. The van der Waals surface area contributed by atoms with Crippen molar-refractivity contribution in [2.75, 3.05) is 26.2 Å². The smallest absolute Gasteiger partial charge is 0.131 e. The summed E-state index contributed by atoms with van der Waals surface area (Å²) in [6.07, 6.45) is 6.82. The molecule has 4 nitrogen and oxygen atoms in total. The fourth-order valence-electron chi connectivity index (χ4n) is 3.80. The fraction of sp³-hybridized carbons (Fsp3) is 0.812. The quantitative estimate of drug-likeness (QED) is 0.858. The number of piperidine rings is 2. The summed E-state index contributed by atoms with van der Waals surface area (Å²) in [6.45, 7) is 8.01. The van der Waals surface area contributed by atoms with Crippen molar-refractivity contribution in [1.29, 1.82) is 0 Å². The summed E-state index contributed by atoms with van der Waals surface area (Å²) in [5.74, 6) is 0. The predicted molar refractivity (Wildman–Crippen MR) is 86.7 cm³/mol. The predicted octanol–water partition coefficient (Wildman–Crippen LogP) is 2.83. The summed E-state index contributed by atoms with van der Waals surface area (Å²) in [5, 5.41) is 5.21. The van der Waals surface area contributed by atoms with Crippen LogP contribution in [0, 0.1) is 6.92 Å². The minimum atomic E-state index is 0.797. The monoisotopic (exact) mass is 310 g/mol. The zero-order chi connectivity index (χ0) is 14.8. The van der Waals surface area contributed by atoms with Crippen LogP contribution < -0.4 is 0 Å². The molecule has 1 aromatic rings. The third-order valence-corrected chi connectivity index (χ3v) is 5.59. The average molecular weight is 311 g/mol. The SMILES string of the molecule is Cc1nn(C)c(Cl)c1CN1CCC(N2CCCCC2)CC1. The first-order valence-electron chi connectivity index (χ1n) is 8.29. The summed E-state index contributed by atoms with van der Waals surface area (Å²) >= 11 is 6.35. The van der Waals surface area contributed by atoms with Crippen LogP contribution in [0.25, 0.3) is 0 Å². The van der Waals surface area contributed by atoms with Crippen LogP contribution in [0.1, 0.15) is 43.4 Å². The van der Waals surface area contributed by atoms with Gasteiger partial charge in [0.15, 0.2) is 0 Å². The van der Waals surface area contributed by atoms with Crippen LogP contribution in [0.15, 0.2) is 0 Å². The molecule has 2 aliphatic rings. The highest BCUT2D eigenvalue weighted by atomic mass is 35.5. The van der Waals surface area contributed by atoms with E-state index in [0.717, 1.165) is 23.4 Å². The highest BCUT2D eigenvalue weighted by Crippen LogP contribution is 2.25. The van der Waals surface area contributed by atoms with E-state index in [-0.39, 0.29) is 0 Å². The van der Waals surface area contributed by atoms with E-state index in [9.17, 15) is 0 Å². The normalized spacial score (nSPS) is 22.8. The van der Waals surface area contributed by atoms with Crippen LogP contribution in [-0.4, -0.2) is 51.8 Å². The van der Waals surface area contributed by atoms with Gasteiger partial charge in [-0.05, 0) is 58.8 Å². The summed E-state index contributed by atoms with van der Waals surface area (Å²) in [6, 6.07) is 0.812. The summed E-state index contributed by atoms with van der Waals surface area (Å²) in [4.78, 5) is 5.26. The van der Waals surface area contributed by atoms with Gasteiger partial charge in [0.25, 0.3) is 0 Å². The number of nitrogens with zero attached hydrogens (tertiary/aromatic N) is 4. The van der Waals surface area contributed by atoms with Crippen LogP contribution in [0.4, 0.5) is 0 Å². The molecule has 118 valence electrons. The molecule has 2 saturated heterocycles. The van der Waals surface area contributed by atoms with E-state index < -0.39 is 0 Å². The van der Waals surface area contributed by atoms with Crippen molar-refractivity contribution >= 4 is 11.6 Å². The number of halogens is 1. The van der Waals surface area contributed by atoms with Gasteiger partial charge in [0.05, 0.1) is 5.69 Å². The van der Waals surface area contributed by atoms with E-state index in [0.29, 0.717) is 0 Å². The Bertz CT molecular complexity index is 471. The molecule has 3 heterocycles. The molecule has 1 aromatic heterocycles. The van der Waals surface area contributed by atoms with Gasteiger partial charge in [-0.25, -0.2) is 0 Å². The van der Waals surface area contributed by atoms with Gasteiger partial charge in [0.2, 0.25) is 0 Å². The van der Waals surface area contributed by atoms with E-state index in [4.69, 9.17) is 11.6 Å². The van der Waals surface area contributed by atoms with Crippen LogP contribution in [0.2, 0.25) is 5.15 Å². The van der Waals surface area contributed by atoms with Crippen molar-refractivity contribution in [2.45, 2.75) is 51.6 Å². The van der Waals surface area contributed by atoms with Gasteiger partial charge in [0, 0.05) is 25.2 Å². The molecule has 0 aromatic carbocycles. The molecule has 0 saturated carbocycles. The van der Waals surface area contributed by atoms with Crippen molar-refractivity contribution < 1.29 is 0 Å². The third kappa shape index (κ3) is 3.43. The number of hydrogen-bond acceptors (Lipinski definition) is 3. The second-order valence-electron chi connectivity index (χ2n) is 6.58. The summed E-state index contributed by atoms with van der Waals surface area (Å²) in [7, 11) is 1.92. The molecule has 0 radical (unpaired) electrons. The zero-order valence-electron chi connectivity index (χ0n) is 13.3. The van der Waals surface area contributed by atoms with E-state index >= 15 is 0 Å². The van der Waals surface area contributed by atoms with Crippen molar-refractivity contribution in [3.63, 3.8) is 0 Å². The lowest BCUT2D eigenvalue weighted by Gasteiger charge is -2.40. The number of aromatic nitrogens is 2. The first kappa shape index (κ1) is 15.3.